The molecule has 0 atom stereocenters. The zero-order chi connectivity index (χ0) is 18.8. The molecule has 26 heavy (non-hydrogen) atoms. The number of nitrogens with one attached hydrogen (secondary N) is 1. The lowest BCUT2D eigenvalue weighted by Crippen LogP contribution is -2.16. The van der Waals surface area contributed by atoms with Crippen molar-refractivity contribution in [2.24, 2.45) is 0 Å². The monoisotopic (exact) mass is 373 g/mol. The SMILES string of the molecule is COc1cc(NC(=O)Cc2c(C)nc3c(C)cccn23)c(OC)cc1Cl. The number of carbonyl (C=O) groups excluding carboxylic acids is 1. The molecule has 1 aromatic carbocycles. The minimum atomic E-state index is -0.181. The predicted molar refractivity (Wildman–Crippen MR) is 102 cm³/mol. The van der Waals surface area contributed by atoms with Crippen LogP contribution in [0, 0.1) is 13.8 Å². The van der Waals surface area contributed by atoms with Gasteiger partial charge in [0.15, 0.2) is 0 Å². The Balaban J connectivity index is 1.89. The third kappa shape index (κ3) is 3.32. The molecule has 0 saturated heterocycles. The molecule has 2 heterocycles. The van der Waals surface area contributed by atoms with Crippen molar-refractivity contribution in [3.05, 3.63) is 52.4 Å². The second-order valence-corrected chi connectivity index (χ2v) is 6.35. The summed E-state index contributed by atoms with van der Waals surface area (Å²) in [6.07, 6.45) is 2.10. The third-order valence-electron chi connectivity index (χ3n) is 4.22. The van der Waals surface area contributed by atoms with Gasteiger partial charge in [0.1, 0.15) is 17.1 Å². The Hall–Kier alpha value is -2.73. The van der Waals surface area contributed by atoms with Crippen LogP contribution in [0.3, 0.4) is 0 Å². The normalized spacial score (nSPS) is 10.8. The molecular formula is C19H20ClN3O3. The number of anilines is 1. The van der Waals surface area contributed by atoms with Crippen molar-refractivity contribution in [3.63, 3.8) is 0 Å². The topological polar surface area (TPSA) is 64.9 Å². The fraction of sp³-hybridized carbons (Fsp3) is 0.263. The molecule has 0 unspecified atom stereocenters. The van der Waals surface area contributed by atoms with E-state index in [2.05, 4.69) is 10.3 Å². The number of rotatable bonds is 5. The molecule has 0 bridgehead atoms. The van der Waals surface area contributed by atoms with Gasteiger partial charge in [0.05, 0.1) is 42.7 Å². The lowest BCUT2D eigenvalue weighted by molar-refractivity contribution is -0.115. The standard InChI is InChI=1S/C19H20ClN3O3/c1-11-6-5-7-23-15(12(2)21-19(11)23)10-18(24)22-14-9-16(25-3)13(20)8-17(14)26-4/h5-9H,10H2,1-4H3,(H,22,24). The number of halogens is 1. The van der Waals surface area contributed by atoms with Gasteiger partial charge in [-0.15, -0.1) is 0 Å². The number of hydrogen-bond donors (Lipinski definition) is 1. The highest BCUT2D eigenvalue weighted by molar-refractivity contribution is 6.32. The number of carbonyl (C=O) groups is 1. The first-order valence-electron chi connectivity index (χ1n) is 8.09. The van der Waals surface area contributed by atoms with Crippen LogP contribution in [-0.4, -0.2) is 29.5 Å². The van der Waals surface area contributed by atoms with Crippen LogP contribution < -0.4 is 14.8 Å². The number of methoxy groups -OCH3 is 2. The van der Waals surface area contributed by atoms with Crippen molar-refractivity contribution in [1.82, 2.24) is 9.38 Å². The maximum atomic E-state index is 12.6. The van der Waals surface area contributed by atoms with E-state index in [1.165, 1.54) is 14.2 Å². The van der Waals surface area contributed by atoms with E-state index in [9.17, 15) is 4.79 Å². The molecule has 2 aromatic heterocycles. The average molecular weight is 374 g/mol. The first-order valence-corrected chi connectivity index (χ1v) is 8.47. The fourth-order valence-electron chi connectivity index (χ4n) is 2.88. The summed E-state index contributed by atoms with van der Waals surface area (Å²) in [5.74, 6) is 0.748. The number of ether oxygens (including phenoxy) is 2. The number of hydrogen-bond acceptors (Lipinski definition) is 4. The molecule has 0 spiro atoms. The van der Waals surface area contributed by atoms with Gasteiger partial charge in [-0.05, 0) is 25.5 Å². The number of amides is 1. The van der Waals surface area contributed by atoms with E-state index in [1.54, 1.807) is 12.1 Å². The molecule has 136 valence electrons. The molecule has 0 fully saturated rings. The number of imidazole rings is 1. The minimum absolute atomic E-state index is 0.181. The second kappa shape index (κ2) is 7.25. The van der Waals surface area contributed by atoms with Gasteiger partial charge >= 0.3 is 0 Å². The molecule has 0 aliphatic heterocycles. The van der Waals surface area contributed by atoms with Crippen LogP contribution in [0.4, 0.5) is 5.69 Å². The Labute approximate surface area is 156 Å². The largest absolute Gasteiger partial charge is 0.495 e. The molecule has 0 saturated carbocycles. The molecule has 3 aromatic rings. The number of benzene rings is 1. The van der Waals surface area contributed by atoms with Crippen LogP contribution in [0.25, 0.3) is 5.65 Å². The van der Waals surface area contributed by atoms with Gasteiger partial charge < -0.3 is 19.2 Å². The highest BCUT2D eigenvalue weighted by atomic mass is 35.5. The number of pyridine rings is 1. The van der Waals surface area contributed by atoms with Crippen molar-refractivity contribution in [1.29, 1.82) is 0 Å². The lowest BCUT2D eigenvalue weighted by atomic mass is 10.2. The summed E-state index contributed by atoms with van der Waals surface area (Å²) in [7, 11) is 3.04. The van der Waals surface area contributed by atoms with Crippen LogP contribution in [0.5, 0.6) is 11.5 Å². The number of fused-ring (bicyclic) bond motifs is 1. The number of nitrogens with zero attached hydrogens (tertiary/aromatic N) is 2. The Morgan fingerprint density at radius 1 is 1.23 bits per heavy atom. The highest BCUT2D eigenvalue weighted by Gasteiger charge is 2.16. The number of aromatic nitrogens is 2. The van der Waals surface area contributed by atoms with E-state index < -0.39 is 0 Å². The smallest absolute Gasteiger partial charge is 0.230 e. The van der Waals surface area contributed by atoms with Gasteiger partial charge in [0, 0.05) is 18.3 Å². The van der Waals surface area contributed by atoms with Gasteiger partial charge in [-0.25, -0.2) is 4.98 Å². The second-order valence-electron chi connectivity index (χ2n) is 5.94. The molecule has 6 nitrogen and oxygen atoms in total. The van der Waals surface area contributed by atoms with Crippen molar-refractivity contribution >= 4 is 28.8 Å². The summed E-state index contributed by atoms with van der Waals surface area (Å²) in [5, 5.41) is 3.28. The predicted octanol–water partition coefficient (Wildman–Crippen LogP) is 3.80. The van der Waals surface area contributed by atoms with Crippen LogP contribution in [0.15, 0.2) is 30.5 Å². The average Bonchev–Trinajstić information content (AvgIpc) is 2.93. The molecule has 0 aliphatic rings. The zero-order valence-corrected chi connectivity index (χ0v) is 15.8. The zero-order valence-electron chi connectivity index (χ0n) is 15.1. The van der Waals surface area contributed by atoms with E-state index >= 15 is 0 Å². The molecule has 1 N–H and O–H groups in total. The summed E-state index contributed by atoms with van der Waals surface area (Å²) in [6, 6.07) is 7.19. The van der Waals surface area contributed by atoms with Crippen molar-refractivity contribution in [2.45, 2.75) is 20.3 Å². The van der Waals surface area contributed by atoms with Gasteiger partial charge in [0.25, 0.3) is 0 Å². The number of aryl methyl sites for hydroxylation is 2. The van der Waals surface area contributed by atoms with Crippen LogP contribution in [0.2, 0.25) is 5.02 Å². The maximum Gasteiger partial charge on any atom is 0.230 e. The van der Waals surface area contributed by atoms with E-state index in [0.717, 1.165) is 22.6 Å². The van der Waals surface area contributed by atoms with Gasteiger partial charge in [-0.2, -0.15) is 0 Å². The summed E-state index contributed by atoms with van der Waals surface area (Å²) in [4.78, 5) is 17.2. The van der Waals surface area contributed by atoms with E-state index in [1.807, 2.05) is 36.6 Å². The van der Waals surface area contributed by atoms with Crippen molar-refractivity contribution in [2.75, 3.05) is 19.5 Å². The quantitative estimate of drug-likeness (QED) is 0.738. The van der Waals surface area contributed by atoms with Gasteiger partial charge in [0.2, 0.25) is 5.91 Å². The van der Waals surface area contributed by atoms with Crippen molar-refractivity contribution < 1.29 is 14.3 Å². The van der Waals surface area contributed by atoms with Gasteiger partial charge in [-0.1, -0.05) is 17.7 Å². The summed E-state index contributed by atoms with van der Waals surface area (Å²) < 4.78 is 12.5. The van der Waals surface area contributed by atoms with Crippen LogP contribution >= 0.6 is 11.6 Å². The molecule has 0 radical (unpaired) electrons. The Kier molecular flexibility index (Phi) is 5.04. The molecule has 1 amide bonds. The third-order valence-corrected chi connectivity index (χ3v) is 4.52. The molecular weight excluding hydrogens is 354 g/mol. The highest BCUT2D eigenvalue weighted by Crippen LogP contribution is 2.36. The fourth-order valence-corrected chi connectivity index (χ4v) is 3.11. The first kappa shape index (κ1) is 18.1. The van der Waals surface area contributed by atoms with E-state index in [4.69, 9.17) is 21.1 Å². The minimum Gasteiger partial charge on any atom is -0.495 e. The molecule has 7 heteroatoms. The Morgan fingerprint density at radius 2 is 1.96 bits per heavy atom. The lowest BCUT2D eigenvalue weighted by Gasteiger charge is -2.13. The van der Waals surface area contributed by atoms with Crippen LogP contribution in [0.1, 0.15) is 17.0 Å². The van der Waals surface area contributed by atoms with Crippen molar-refractivity contribution in [3.8, 4) is 11.5 Å². The Bertz CT molecular complexity index is 982. The molecule has 3 rings (SSSR count). The van der Waals surface area contributed by atoms with Gasteiger partial charge in [-0.3, -0.25) is 4.79 Å². The summed E-state index contributed by atoms with van der Waals surface area (Å²) in [6.45, 7) is 3.90. The Morgan fingerprint density at radius 3 is 2.65 bits per heavy atom. The van der Waals surface area contributed by atoms with E-state index in [0.29, 0.717) is 22.2 Å². The summed E-state index contributed by atoms with van der Waals surface area (Å²) in [5.41, 5.74) is 4.10. The van der Waals surface area contributed by atoms with E-state index in [-0.39, 0.29) is 12.3 Å². The molecule has 0 aliphatic carbocycles. The maximum absolute atomic E-state index is 12.6. The first-order chi connectivity index (χ1) is 12.4. The summed E-state index contributed by atoms with van der Waals surface area (Å²) >= 11 is 6.10. The van der Waals surface area contributed by atoms with Crippen LogP contribution in [-0.2, 0) is 11.2 Å².